The summed E-state index contributed by atoms with van der Waals surface area (Å²) in [6, 6.07) is 8.08. The van der Waals surface area contributed by atoms with Gasteiger partial charge < -0.3 is 10.1 Å². The first-order valence-electron chi connectivity index (χ1n) is 8.34. The zero-order valence-electron chi connectivity index (χ0n) is 15.4. The maximum Gasteiger partial charge on any atom is 0.341 e. The van der Waals surface area contributed by atoms with Crippen LogP contribution in [0, 0.1) is 5.41 Å². The minimum Gasteiger partial charge on any atom is -0.465 e. The Balaban J connectivity index is 2.37. The smallest absolute Gasteiger partial charge is 0.341 e. The number of nitrogens with one attached hydrogen (secondary N) is 1. The van der Waals surface area contributed by atoms with Gasteiger partial charge in [-0.3, -0.25) is 4.79 Å². The fraction of sp³-hybridized carbons (Fsp3) is 0.400. The molecule has 0 saturated heterocycles. The molecular formula is C20H25NO3S. The molecule has 1 N–H and O–H groups in total. The van der Waals surface area contributed by atoms with Crippen molar-refractivity contribution in [1.82, 2.24) is 0 Å². The fourth-order valence-electron chi connectivity index (χ4n) is 2.54. The van der Waals surface area contributed by atoms with E-state index in [1.807, 2.05) is 50.4 Å². The third kappa shape index (κ3) is 4.92. The van der Waals surface area contributed by atoms with E-state index in [9.17, 15) is 9.59 Å². The van der Waals surface area contributed by atoms with Crippen LogP contribution in [0.15, 0.2) is 29.6 Å². The molecule has 0 bridgehead atoms. The molecule has 0 fully saturated rings. The van der Waals surface area contributed by atoms with Crippen molar-refractivity contribution >= 4 is 28.2 Å². The average Bonchev–Trinajstić information content (AvgIpc) is 2.95. The fourth-order valence-corrected chi connectivity index (χ4v) is 3.51. The van der Waals surface area contributed by atoms with Crippen LogP contribution in [-0.2, 0) is 16.0 Å². The number of ether oxygens (including phenoxy) is 1. The van der Waals surface area contributed by atoms with Crippen LogP contribution in [-0.4, -0.2) is 19.0 Å². The van der Waals surface area contributed by atoms with Crippen LogP contribution in [0.5, 0.6) is 0 Å². The first-order chi connectivity index (χ1) is 11.7. The van der Waals surface area contributed by atoms with Crippen LogP contribution in [0.25, 0.3) is 11.1 Å². The molecule has 1 amide bonds. The molecule has 1 aromatic carbocycles. The number of amides is 1. The summed E-state index contributed by atoms with van der Waals surface area (Å²) in [6.45, 7) is 8.11. The van der Waals surface area contributed by atoms with Gasteiger partial charge in [0.25, 0.3) is 0 Å². The zero-order valence-corrected chi connectivity index (χ0v) is 16.3. The summed E-state index contributed by atoms with van der Waals surface area (Å²) in [4.78, 5) is 24.6. The van der Waals surface area contributed by atoms with Crippen LogP contribution in [0.4, 0.5) is 5.00 Å². The highest BCUT2D eigenvalue weighted by molar-refractivity contribution is 7.15. The number of esters is 1. The first kappa shape index (κ1) is 19.2. The maximum absolute atomic E-state index is 12.3. The van der Waals surface area contributed by atoms with Crippen molar-refractivity contribution in [3.05, 3.63) is 40.8 Å². The predicted molar refractivity (Wildman–Crippen MR) is 103 cm³/mol. The minimum absolute atomic E-state index is 0.104. The van der Waals surface area contributed by atoms with E-state index in [4.69, 9.17) is 4.74 Å². The number of hydrogen-bond acceptors (Lipinski definition) is 4. The molecule has 0 aliphatic carbocycles. The molecule has 2 rings (SSSR count). The maximum atomic E-state index is 12.3. The van der Waals surface area contributed by atoms with Crippen LogP contribution in [0.1, 0.15) is 50.0 Å². The van der Waals surface area contributed by atoms with Gasteiger partial charge in [0.15, 0.2) is 0 Å². The Bertz CT molecular complexity index is 754. The second kappa shape index (κ2) is 7.83. The number of carbonyl (C=O) groups excluding carboxylic acids is 2. The highest BCUT2D eigenvalue weighted by Crippen LogP contribution is 2.36. The molecule has 0 atom stereocenters. The topological polar surface area (TPSA) is 55.4 Å². The lowest BCUT2D eigenvalue weighted by Gasteiger charge is -2.17. The number of methoxy groups -OCH3 is 1. The van der Waals surface area contributed by atoms with Crippen LogP contribution >= 0.6 is 11.3 Å². The molecule has 0 aliphatic rings. The molecule has 1 heterocycles. The SMILES string of the molecule is CCc1ccc(-c2csc(NC(=O)CC(C)(C)C)c2C(=O)OC)cc1. The van der Waals surface area contributed by atoms with E-state index in [1.165, 1.54) is 24.0 Å². The van der Waals surface area contributed by atoms with E-state index in [1.54, 1.807) is 0 Å². The van der Waals surface area contributed by atoms with Crippen molar-refractivity contribution in [2.75, 3.05) is 12.4 Å². The Kier molecular flexibility index (Phi) is 6.01. The van der Waals surface area contributed by atoms with E-state index in [0.29, 0.717) is 17.0 Å². The van der Waals surface area contributed by atoms with Gasteiger partial charge in [-0.1, -0.05) is 52.0 Å². The Morgan fingerprint density at radius 1 is 1.16 bits per heavy atom. The van der Waals surface area contributed by atoms with Crippen molar-refractivity contribution in [2.24, 2.45) is 5.41 Å². The quantitative estimate of drug-likeness (QED) is 0.752. The second-order valence-electron chi connectivity index (χ2n) is 7.18. The van der Waals surface area contributed by atoms with Gasteiger partial charge in [-0.25, -0.2) is 4.79 Å². The number of anilines is 1. The summed E-state index contributed by atoms with van der Waals surface area (Å²) in [5.74, 6) is -0.547. The van der Waals surface area contributed by atoms with Crippen molar-refractivity contribution in [1.29, 1.82) is 0 Å². The Hall–Kier alpha value is -2.14. The summed E-state index contributed by atoms with van der Waals surface area (Å²) < 4.78 is 4.94. The molecule has 1 aromatic heterocycles. The molecule has 4 nitrogen and oxygen atoms in total. The van der Waals surface area contributed by atoms with Crippen molar-refractivity contribution < 1.29 is 14.3 Å². The molecule has 0 saturated carbocycles. The van der Waals surface area contributed by atoms with Crippen LogP contribution < -0.4 is 5.32 Å². The average molecular weight is 359 g/mol. The Labute approximate surface area is 153 Å². The summed E-state index contributed by atoms with van der Waals surface area (Å²) in [5, 5.41) is 5.30. The standard InChI is InChI=1S/C20H25NO3S/c1-6-13-7-9-14(10-8-13)15-12-25-18(17(15)19(23)24-5)21-16(22)11-20(2,3)4/h7-10,12H,6,11H2,1-5H3,(H,21,22). The van der Waals surface area contributed by atoms with E-state index < -0.39 is 5.97 Å². The van der Waals surface area contributed by atoms with E-state index in [2.05, 4.69) is 12.2 Å². The lowest BCUT2D eigenvalue weighted by atomic mass is 9.92. The summed E-state index contributed by atoms with van der Waals surface area (Å²) >= 11 is 1.35. The van der Waals surface area contributed by atoms with Gasteiger partial charge in [-0.05, 0) is 23.0 Å². The first-order valence-corrected chi connectivity index (χ1v) is 9.22. The van der Waals surface area contributed by atoms with Gasteiger partial charge in [0, 0.05) is 17.4 Å². The van der Waals surface area contributed by atoms with Gasteiger partial charge in [0.2, 0.25) is 5.91 Å². The normalized spacial score (nSPS) is 11.2. The number of thiophene rings is 1. The van der Waals surface area contributed by atoms with E-state index >= 15 is 0 Å². The number of rotatable bonds is 5. The summed E-state index contributed by atoms with van der Waals surface area (Å²) in [6.07, 6.45) is 1.34. The number of hydrogen-bond donors (Lipinski definition) is 1. The third-order valence-electron chi connectivity index (χ3n) is 3.80. The second-order valence-corrected chi connectivity index (χ2v) is 8.06. The van der Waals surface area contributed by atoms with Gasteiger partial charge in [-0.15, -0.1) is 11.3 Å². The highest BCUT2D eigenvalue weighted by atomic mass is 32.1. The number of benzene rings is 1. The third-order valence-corrected chi connectivity index (χ3v) is 4.69. The van der Waals surface area contributed by atoms with E-state index in [0.717, 1.165) is 17.5 Å². The van der Waals surface area contributed by atoms with Crippen LogP contribution in [0.3, 0.4) is 0 Å². The molecular weight excluding hydrogens is 334 g/mol. The van der Waals surface area contributed by atoms with Crippen molar-refractivity contribution in [3.8, 4) is 11.1 Å². The minimum atomic E-state index is -0.443. The molecule has 0 spiro atoms. The van der Waals surface area contributed by atoms with E-state index in [-0.39, 0.29) is 11.3 Å². The molecule has 2 aromatic rings. The van der Waals surface area contributed by atoms with Crippen molar-refractivity contribution in [2.45, 2.75) is 40.5 Å². The number of aryl methyl sites for hydroxylation is 1. The van der Waals surface area contributed by atoms with Gasteiger partial charge >= 0.3 is 5.97 Å². The summed E-state index contributed by atoms with van der Waals surface area (Å²) in [5.41, 5.74) is 3.25. The lowest BCUT2D eigenvalue weighted by molar-refractivity contribution is -0.117. The molecule has 0 aliphatic heterocycles. The number of carbonyl (C=O) groups is 2. The Morgan fingerprint density at radius 2 is 1.80 bits per heavy atom. The predicted octanol–water partition coefficient (Wildman–Crippen LogP) is 5.14. The van der Waals surface area contributed by atoms with Crippen molar-refractivity contribution in [3.63, 3.8) is 0 Å². The largest absolute Gasteiger partial charge is 0.465 e. The molecule has 25 heavy (non-hydrogen) atoms. The zero-order chi connectivity index (χ0) is 18.6. The summed E-state index contributed by atoms with van der Waals surface area (Å²) in [7, 11) is 1.35. The Morgan fingerprint density at radius 3 is 2.32 bits per heavy atom. The highest BCUT2D eigenvalue weighted by Gasteiger charge is 2.24. The molecule has 5 heteroatoms. The molecule has 0 radical (unpaired) electrons. The van der Waals surface area contributed by atoms with Gasteiger partial charge in [0.05, 0.1) is 7.11 Å². The van der Waals surface area contributed by atoms with Gasteiger partial charge in [-0.2, -0.15) is 0 Å². The van der Waals surface area contributed by atoms with Gasteiger partial charge in [0.1, 0.15) is 10.6 Å². The molecule has 134 valence electrons. The lowest BCUT2D eigenvalue weighted by Crippen LogP contribution is -2.20. The van der Waals surface area contributed by atoms with Crippen LogP contribution in [0.2, 0.25) is 0 Å². The molecule has 0 unspecified atom stereocenters. The monoisotopic (exact) mass is 359 g/mol.